The summed E-state index contributed by atoms with van der Waals surface area (Å²) < 4.78 is 0. The van der Waals surface area contributed by atoms with Crippen molar-refractivity contribution in [1.29, 1.82) is 0 Å². The predicted molar refractivity (Wildman–Crippen MR) is 113 cm³/mol. The van der Waals surface area contributed by atoms with Crippen molar-refractivity contribution < 1.29 is 5.11 Å². The second-order valence-corrected chi connectivity index (χ2v) is 7.86. The summed E-state index contributed by atoms with van der Waals surface area (Å²) in [5, 5.41) is 16.3. The highest BCUT2D eigenvalue weighted by atomic mass is 32.2. The van der Waals surface area contributed by atoms with Gasteiger partial charge >= 0.3 is 0 Å². The quantitative estimate of drug-likeness (QED) is 0.350. The van der Waals surface area contributed by atoms with Crippen molar-refractivity contribution in [3.63, 3.8) is 0 Å². The number of guanidine groups is 1. The van der Waals surface area contributed by atoms with Crippen LogP contribution in [0, 0.1) is 0 Å². The van der Waals surface area contributed by atoms with Crippen molar-refractivity contribution in [2.45, 2.75) is 44.9 Å². The number of aliphatic imine (C=N–C) groups is 1. The zero-order valence-electron chi connectivity index (χ0n) is 16.2. The van der Waals surface area contributed by atoms with Gasteiger partial charge in [-0.3, -0.25) is 9.89 Å². The molecule has 146 valence electrons. The number of nitrogens with zero attached hydrogens (tertiary/aromatic N) is 2. The van der Waals surface area contributed by atoms with Crippen LogP contribution in [0.5, 0.6) is 0 Å². The van der Waals surface area contributed by atoms with Crippen LogP contribution in [-0.4, -0.2) is 60.8 Å². The van der Waals surface area contributed by atoms with E-state index in [4.69, 9.17) is 0 Å². The SMILES string of the molecule is CN=C(NCCCCSC)NCc1ccc(CN2CCC(O)CC2)cc1. The van der Waals surface area contributed by atoms with Crippen LogP contribution >= 0.6 is 11.8 Å². The highest BCUT2D eigenvalue weighted by molar-refractivity contribution is 7.98. The molecule has 1 saturated heterocycles. The Morgan fingerprint density at radius 1 is 1.15 bits per heavy atom. The van der Waals surface area contributed by atoms with Gasteiger partial charge in [0.25, 0.3) is 0 Å². The van der Waals surface area contributed by atoms with Crippen LogP contribution in [0.25, 0.3) is 0 Å². The number of nitrogens with one attached hydrogen (secondary N) is 2. The molecule has 0 atom stereocenters. The Balaban J connectivity index is 1.69. The third-order valence-corrected chi connectivity index (χ3v) is 5.43. The lowest BCUT2D eigenvalue weighted by atomic mass is 10.1. The van der Waals surface area contributed by atoms with Gasteiger partial charge < -0.3 is 15.7 Å². The van der Waals surface area contributed by atoms with E-state index in [-0.39, 0.29) is 6.10 Å². The summed E-state index contributed by atoms with van der Waals surface area (Å²) in [6.07, 6.45) is 6.24. The molecule has 1 aromatic rings. The van der Waals surface area contributed by atoms with E-state index < -0.39 is 0 Å². The number of likely N-dealkylation sites (tertiary alicyclic amines) is 1. The number of aliphatic hydroxyl groups is 1. The Hall–Kier alpha value is -1.24. The topological polar surface area (TPSA) is 59.9 Å². The molecule has 2 rings (SSSR count). The maximum absolute atomic E-state index is 9.60. The second-order valence-electron chi connectivity index (χ2n) is 6.88. The minimum absolute atomic E-state index is 0.103. The molecule has 0 spiro atoms. The van der Waals surface area contributed by atoms with Gasteiger partial charge in [0, 0.05) is 39.8 Å². The van der Waals surface area contributed by atoms with E-state index in [2.05, 4.69) is 51.0 Å². The summed E-state index contributed by atoms with van der Waals surface area (Å²) in [5.74, 6) is 2.09. The molecule has 0 radical (unpaired) electrons. The van der Waals surface area contributed by atoms with Crippen molar-refractivity contribution in [3.8, 4) is 0 Å². The Kier molecular flexibility index (Phi) is 9.89. The number of benzene rings is 1. The molecule has 6 heteroatoms. The number of thioether (sulfide) groups is 1. The number of unbranched alkanes of at least 4 members (excludes halogenated alkanes) is 1. The highest BCUT2D eigenvalue weighted by Crippen LogP contribution is 2.14. The average Bonchev–Trinajstić information content (AvgIpc) is 2.67. The van der Waals surface area contributed by atoms with Crippen LogP contribution < -0.4 is 10.6 Å². The van der Waals surface area contributed by atoms with E-state index in [1.807, 2.05) is 18.8 Å². The van der Waals surface area contributed by atoms with Gasteiger partial charge in [-0.05, 0) is 48.8 Å². The van der Waals surface area contributed by atoms with E-state index in [1.165, 1.54) is 29.7 Å². The molecule has 0 saturated carbocycles. The zero-order valence-corrected chi connectivity index (χ0v) is 17.0. The zero-order chi connectivity index (χ0) is 18.6. The van der Waals surface area contributed by atoms with Crippen molar-refractivity contribution in [2.24, 2.45) is 4.99 Å². The molecular formula is C20H34N4OS. The van der Waals surface area contributed by atoms with E-state index >= 15 is 0 Å². The number of aliphatic hydroxyl groups excluding tert-OH is 1. The number of piperidine rings is 1. The van der Waals surface area contributed by atoms with E-state index in [0.717, 1.165) is 51.5 Å². The van der Waals surface area contributed by atoms with Gasteiger partial charge in [0.15, 0.2) is 5.96 Å². The fraction of sp³-hybridized carbons (Fsp3) is 0.650. The molecule has 5 nitrogen and oxygen atoms in total. The lowest BCUT2D eigenvalue weighted by molar-refractivity contribution is 0.0792. The van der Waals surface area contributed by atoms with E-state index in [9.17, 15) is 5.11 Å². The maximum Gasteiger partial charge on any atom is 0.191 e. The molecule has 1 aromatic carbocycles. The molecule has 3 N–H and O–H groups in total. The summed E-state index contributed by atoms with van der Waals surface area (Å²) in [6, 6.07) is 8.79. The standard InChI is InChI=1S/C20H34N4OS/c1-21-20(22-11-3-4-14-26-2)23-15-17-5-7-18(8-6-17)16-24-12-9-19(25)10-13-24/h5-8,19,25H,3-4,9-16H2,1-2H3,(H2,21,22,23). The third kappa shape index (κ3) is 7.98. The van der Waals surface area contributed by atoms with E-state index in [0.29, 0.717) is 0 Å². The minimum Gasteiger partial charge on any atom is -0.393 e. The van der Waals surface area contributed by atoms with Gasteiger partial charge in [-0.1, -0.05) is 24.3 Å². The summed E-state index contributed by atoms with van der Waals surface area (Å²) in [5.41, 5.74) is 2.59. The Bertz CT molecular complexity index is 527. The van der Waals surface area contributed by atoms with Crippen LogP contribution in [-0.2, 0) is 13.1 Å². The van der Waals surface area contributed by atoms with Crippen molar-refractivity contribution >= 4 is 17.7 Å². The Morgan fingerprint density at radius 2 is 1.85 bits per heavy atom. The fourth-order valence-electron chi connectivity index (χ4n) is 3.08. The molecule has 0 bridgehead atoms. The first-order valence-corrected chi connectivity index (χ1v) is 11.0. The largest absolute Gasteiger partial charge is 0.393 e. The monoisotopic (exact) mass is 378 g/mol. The van der Waals surface area contributed by atoms with Crippen molar-refractivity contribution in [3.05, 3.63) is 35.4 Å². The lowest BCUT2D eigenvalue weighted by Gasteiger charge is -2.29. The summed E-state index contributed by atoms with van der Waals surface area (Å²) >= 11 is 1.90. The Labute approximate surface area is 162 Å². The molecule has 0 amide bonds. The number of rotatable bonds is 9. The first-order valence-electron chi connectivity index (χ1n) is 9.63. The first kappa shape index (κ1) is 21.1. The van der Waals surface area contributed by atoms with Gasteiger partial charge in [0.1, 0.15) is 0 Å². The summed E-state index contributed by atoms with van der Waals surface area (Å²) in [6.45, 7) is 4.69. The molecule has 1 heterocycles. The minimum atomic E-state index is -0.103. The molecule has 1 aliphatic heterocycles. The predicted octanol–water partition coefficient (Wildman–Crippen LogP) is 2.45. The van der Waals surface area contributed by atoms with Gasteiger partial charge in [-0.2, -0.15) is 11.8 Å². The average molecular weight is 379 g/mol. The Morgan fingerprint density at radius 3 is 2.50 bits per heavy atom. The fourth-order valence-corrected chi connectivity index (χ4v) is 3.58. The molecule has 1 aliphatic rings. The van der Waals surface area contributed by atoms with Gasteiger partial charge in [-0.25, -0.2) is 0 Å². The van der Waals surface area contributed by atoms with Crippen LogP contribution in [0.1, 0.15) is 36.8 Å². The van der Waals surface area contributed by atoms with Gasteiger partial charge in [0.05, 0.1) is 6.10 Å². The second kappa shape index (κ2) is 12.2. The number of hydrogen-bond acceptors (Lipinski definition) is 4. The summed E-state index contributed by atoms with van der Waals surface area (Å²) in [4.78, 5) is 6.70. The van der Waals surface area contributed by atoms with Crippen molar-refractivity contribution in [2.75, 3.05) is 38.7 Å². The number of hydrogen-bond donors (Lipinski definition) is 3. The van der Waals surface area contributed by atoms with Crippen molar-refractivity contribution in [1.82, 2.24) is 15.5 Å². The molecule has 0 aliphatic carbocycles. The maximum atomic E-state index is 9.60. The molecular weight excluding hydrogens is 344 g/mol. The molecule has 26 heavy (non-hydrogen) atoms. The van der Waals surface area contributed by atoms with Crippen LogP contribution in [0.2, 0.25) is 0 Å². The van der Waals surface area contributed by atoms with Gasteiger partial charge in [-0.15, -0.1) is 0 Å². The summed E-state index contributed by atoms with van der Waals surface area (Å²) in [7, 11) is 1.82. The van der Waals surface area contributed by atoms with Crippen LogP contribution in [0.4, 0.5) is 0 Å². The molecule has 1 fully saturated rings. The normalized spacial score (nSPS) is 16.7. The third-order valence-electron chi connectivity index (χ3n) is 4.74. The highest BCUT2D eigenvalue weighted by Gasteiger charge is 2.16. The molecule has 0 aromatic heterocycles. The first-order chi connectivity index (χ1) is 12.7. The molecule has 0 unspecified atom stereocenters. The smallest absolute Gasteiger partial charge is 0.191 e. The van der Waals surface area contributed by atoms with Gasteiger partial charge in [0.2, 0.25) is 0 Å². The lowest BCUT2D eigenvalue weighted by Crippen LogP contribution is -2.37. The van der Waals surface area contributed by atoms with Crippen LogP contribution in [0.15, 0.2) is 29.3 Å². The van der Waals surface area contributed by atoms with Crippen LogP contribution in [0.3, 0.4) is 0 Å². The van der Waals surface area contributed by atoms with E-state index in [1.54, 1.807) is 0 Å².